The number of aromatic amines is 1. The highest BCUT2D eigenvalue weighted by Crippen LogP contribution is 2.06. The number of halogens is 1. The average molecular weight is 267 g/mol. The summed E-state index contributed by atoms with van der Waals surface area (Å²) in [5.41, 5.74) is 1.21. The molecule has 2 rings (SSSR count). The highest BCUT2D eigenvalue weighted by atomic mass is 79.9. The van der Waals surface area contributed by atoms with Crippen molar-refractivity contribution in [2.45, 2.75) is 6.42 Å². The van der Waals surface area contributed by atoms with Crippen LogP contribution in [0.2, 0.25) is 0 Å². The molecular weight excluding hydrogens is 256 g/mol. The third kappa shape index (κ3) is 3.06. The number of anilines is 1. The van der Waals surface area contributed by atoms with Crippen molar-refractivity contribution < 1.29 is 0 Å². The van der Waals surface area contributed by atoms with E-state index in [9.17, 15) is 0 Å². The number of nitrogens with one attached hydrogen (secondary N) is 2. The van der Waals surface area contributed by atoms with Crippen LogP contribution < -0.4 is 5.32 Å². The maximum absolute atomic E-state index is 4.12. The van der Waals surface area contributed by atoms with Crippen LogP contribution in [0.5, 0.6) is 0 Å². The molecule has 78 valence electrons. The lowest BCUT2D eigenvalue weighted by atomic mass is 10.3. The van der Waals surface area contributed by atoms with E-state index < -0.39 is 0 Å². The topological polar surface area (TPSA) is 53.6 Å². The summed E-state index contributed by atoms with van der Waals surface area (Å²) in [7, 11) is 0. The van der Waals surface area contributed by atoms with Gasteiger partial charge >= 0.3 is 0 Å². The maximum Gasteiger partial charge on any atom is 0.222 e. The van der Waals surface area contributed by atoms with Crippen LogP contribution in [0.25, 0.3) is 0 Å². The summed E-state index contributed by atoms with van der Waals surface area (Å²) < 4.78 is 0.886. The van der Waals surface area contributed by atoms with Crippen LogP contribution in [0, 0.1) is 0 Å². The van der Waals surface area contributed by atoms with Crippen LogP contribution in [0.15, 0.2) is 35.2 Å². The van der Waals surface area contributed by atoms with Gasteiger partial charge in [0.15, 0.2) is 0 Å². The molecule has 0 unspecified atom stereocenters. The molecular formula is C10H11BrN4. The molecule has 0 aliphatic heterocycles. The summed E-state index contributed by atoms with van der Waals surface area (Å²) in [6.45, 7) is 0.822. The van der Waals surface area contributed by atoms with E-state index >= 15 is 0 Å². The van der Waals surface area contributed by atoms with Gasteiger partial charge < -0.3 is 10.3 Å². The minimum absolute atomic E-state index is 0.657. The molecule has 15 heavy (non-hydrogen) atoms. The molecule has 0 fully saturated rings. The monoisotopic (exact) mass is 266 g/mol. The molecule has 0 aliphatic carbocycles. The Morgan fingerprint density at radius 2 is 2.13 bits per heavy atom. The number of rotatable bonds is 4. The van der Waals surface area contributed by atoms with E-state index in [4.69, 9.17) is 0 Å². The number of aromatic nitrogens is 3. The minimum atomic E-state index is 0.657. The molecule has 5 heteroatoms. The number of nitrogens with zero attached hydrogens (tertiary/aromatic N) is 2. The highest BCUT2D eigenvalue weighted by Gasteiger charge is 1.96. The van der Waals surface area contributed by atoms with E-state index in [0.717, 1.165) is 17.4 Å². The standard InChI is InChI=1S/C10H11BrN4/c11-8-6-14-10(15-7-8)13-5-3-9-2-1-4-12-9/h1-2,4,6-7,12H,3,5H2,(H,13,14,15). The number of hydrogen-bond acceptors (Lipinski definition) is 3. The van der Waals surface area contributed by atoms with E-state index in [-0.39, 0.29) is 0 Å². The van der Waals surface area contributed by atoms with Crippen molar-refractivity contribution in [1.82, 2.24) is 15.0 Å². The molecule has 0 bridgehead atoms. The van der Waals surface area contributed by atoms with Gasteiger partial charge in [-0.25, -0.2) is 9.97 Å². The first-order chi connectivity index (χ1) is 7.34. The van der Waals surface area contributed by atoms with E-state index in [0.29, 0.717) is 5.95 Å². The lowest BCUT2D eigenvalue weighted by molar-refractivity contribution is 0.952. The van der Waals surface area contributed by atoms with Gasteiger partial charge in [0.1, 0.15) is 0 Å². The lowest BCUT2D eigenvalue weighted by Gasteiger charge is -2.02. The summed E-state index contributed by atoms with van der Waals surface area (Å²) in [5, 5.41) is 3.15. The smallest absolute Gasteiger partial charge is 0.222 e. The second kappa shape index (κ2) is 4.93. The first-order valence-electron chi connectivity index (χ1n) is 4.68. The lowest BCUT2D eigenvalue weighted by Crippen LogP contribution is -2.07. The van der Waals surface area contributed by atoms with Crippen molar-refractivity contribution in [2.75, 3.05) is 11.9 Å². The normalized spacial score (nSPS) is 10.2. The highest BCUT2D eigenvalue weighted by molar-refractivity contribution is 9.10. The van der Waals surface area contributed by atoms with Gasteiger partial charge in [0.2, 0.25) is 5.95 Å². The zero-order valence-corrected chi connectivity index (χ0v) is 9.66. The Hall–Kier alpha value is -1.36. The fourth-order valence-electron chi connectivity index (χ4n) is 1.24. The zero-order chi connectivity index (χ0) is 10.5. The van der Waals surface area contributed by atoms with Gasteiger partial charge in [0.05, 0.1) is 4.47 Å². The van der Waals surface area contributed by atoms with Gasteiger partial charge in [0.25, 0.3) is 0 Å². The second-order valence-electron chi connectivity index (χ2n) is 3.10. The van der Waals surface area contributed by atoms with E-state index in [2.05, 4.69) is 42.3 Å². The van der Waals surface area contributed by atoms with E-state index in [1.165, 1.54) is 5.69 Å². The number of H-pyrrole nitrogens is 1. The van der Waals surface area contributed by atoms with Crippen molar-refractivity contribution in [2.24, 2.45) is 0 Å². The molecule has 0 spiro atoms. The summed E-state index contributed by atoms with van der Waals surface area (Å²) in [6, 6.07) is 4.05. The van der Waals surface area contributed by atoms with Gasteiger partial charge in [-0.15, -0.1) is 0 Å². The molecule has 2 heterocycles. The largest absolute Gasteiger partial charge is 0.365 e. The fourth-order valence-corrected chi connectivity index (χ4v) is 1.44. The average Bonchev–Trinajstić information content (AvgIpc) is 2.74. The minimum Gasteiger partial charge on any atom is -0.365 e. The quantitative estimate of drug-likeness (QED) is 0.893. The molecule has 2 N–H and O–H groups in total. The third-order valence-electron chi connectivity index (χ3n) is 1.96. The van der Waals surface area contributed by atoms with Crippen molar-refractivity contribution in [3.8, 4) is 0 Å². The fraction of sp³-hybridized carbons (Fsp3) is 0.200. The molecule has 0 atom stereocenters. The van der Waals surface area contributed by atoms with Crippen LogP contribution in [0.1, 0.15) is 5.69 Å². The molecule has 0 amide bonds. The summed E-state index contributed by atoms with van der Waals surface area (Å²) >= 11 is 3.29. The Labute approximate surface area is 96.3 Å². The first kappa shape index (κ1) is 10.2. The van der Waals surface area contributed by atoms with Gasteiger partial charge in [0, 0.05) is 37.3 Å². The third-order valence-corrected chi connectivity index (χ3v) is 2.37. The predicted octanol–water partition coefficient (Wildman–Crippen LogP) is 2.22. The Bertz CT molecular complexity index is 396. The van der Waals surface area contributed by atoms with Crippen LogP contribution >= 0.6 is 15.9 Å². The molecule has 4 nitrogen and oxygen atoms in total. The molecule has 0 saturated carbocycles. The second-order valence-corrected chi connectivity index (χ2v) is 4.01. The van der Waals surface area contributed by atoms with Crippen LogP contribution in [0.4, 0.5) is 5.95 Å². The molecule has 2 aromatic rings. The van der Waals surface area contributed by atoms with E-state index in [1.807, 2.05) is 12.3 Å². The maximum atomic E-state index is 4.12. The van der Waals surface area contributed by atoms with Crippen molar-refractivity contribution in [3.05, 3.63) is 40.9 Å². The van der Waals surface area contributed by atoms with E-state index in [1.54, 1.807) is 12.4 Å². The van der Waals surface area contributed by atoms with Gasteiger partial charge in [-0.05, 0) is 28.1 Å². The SMILES string of the molecule is Brc1cnc(NCCc2ccc[nH]2)nc1. The molecule has 0 aromatic carbocycles. The molecule has 2 aromatic heterocycles. The molecule has 0 saturated heterocycles. The molecule has 0 aliphatic rings. The van der Waals surface area contributed by atoms with Crippen molar-refractivity contribution in [1.29, 1.82) is 0 Å². The summed E-state index contributed by atoms with van der Waals surface area (Å²) in [5.74, 6) is 0.657. The Balaban J connectivity index is 1.81. The van der Waals surface area contributed by atoms with Gasteiger partial charge in [-0.2, -0.15) is 0 Å². The summed E-state index contributed by atoms with van der Waals surface area (Å²) in [6.07, 6.45) is 6.31. The predicted molar refractivity (Wildman–Crippen MR) is 62.7 cm³/mol. The Morgan fingerprint density at radius 1 is 1.33 bits per heavy atom. The van der Waals surface area contributed by atoms with Gasteiger partial charge in [-0.1, -0.05) is 0 Å². The molecule has 0 radical (unpaired) electrons. The van der Waals surface area contributed by atoms with Gasteiger partial charge in [-0.3, -0.25) is 0 Å². The Morgan fingerprint density at radius 3 is 2.80 bits per heavy atom. The van der Waals surface area contributed by atoms with Crippen molar-refractivity contribution >= 4 is 21.9 Å². The van der Waals surface area contributed by atoms with Crippen LogP contribution in [-0.4, -0.2) is 21.5 Å². The first-order valence-corrected chi connectivity index (χ1v) is 5.47. The van der Waals surface area contributed by atoms with Crippen molar-refractivity contribution in [3.63, 3.8) is 0 Å². The Kier molecular flexibility index (Phi) is 3.34. The van der Waals surface area contributed by atoms with Crippen LogP contribution in [-0.2, 0) is 6.42 Å². The zero-order valence-electron chi connectivity index (χ0n) is 8.07. The number of hydrogen-bond donors (Lipinski definition) is 2. The van der Waals surface area contributed by atoms with Crippen LogP contribution in [0.3, 0.4) is 0 Å². The summed E-state index contributed by atoms with van der Waals surface area (Å²) in [4.78, 5) is 11.4.